The molecule has 5 nitrogen and oxygen atoms in total. The van der Waals surface area contributed by atoms with Crippen molar-refractivity contribution in [1.82, 2.24) is 20.4 Å². The van der Waals surface area contributed by atoms with Crippen molar-refractivity contribution in [3.05, 3.63) is 89.0 Å². The number of hydrogen-bond acceptors (Lipinski definition) is 2. The minimum Gasteiger partial charge on any atom is -0.352 e. The van der Waals surface area contributed by atoms with Gasteiger partial charge < -0.3 is 10.6 Å². The van der Waals surface area contributed by atoms with E-state index in [-0.39, 0.29) is 35.8 Å². The minimum atomic E-state index is -0.193. The summed E-state index contributed by atoms with van der Waals surface area (Å²) in [6.07, 6.45) is 3.73. The number of nitrogens with one attached hydrogen (secondary N) is 2. The van der Waals surface area contributed by atoms with Crippen LogP contribution in [0.15, 0.2) is 65.9 Å². The van der Waals surface area contributed by atoms with Crippen LogP contribution in [0, 0.1) is 12.7 Å². The number of guanidine groups is 1. The number of aliphatic imine (C=N–C) groups is 1. The van der Waals surface area contributed by atoms with Crippen LogP contribution in [0.1, 0.15) is 35.2 Å². The summed E-state index contributed by atoms with van der Waals surface area (Å²) in [6.45, 7) is 5.10. The van der Waals surface area contributed by atoms with E-state index in [0.29, 0.717) is 18.1 Å². The van der Waals surface area contributed by atoms with Gasteiger partial charge in [0.2, 0.25) is 0 Å². The average Bonchev–Trinajstić information content (AvgIpc) is 3.21. The third kappa shape index (κ3) is 6.28. The Balaban J connectivity index is 0.00000300. The number of nitrogens with zero attached hydrogens (tertiary/aromatic N) is 3. The van der Waals surface area contributed by atoms with Crippen molar-refractivity contribution in [2.24, 2.45) is 4.99 Å². The second-order valence-corrected chi connectivity index (χ2v) is 6.77. The van der Waals surface area contributed by atoms with Gasteiger partial charge in [-0.1, -0.05) is 36.4 Å². The molecule has 0 fully saturated rings. The summed E-state index contributed by atoms with van der Waals surface area (Å²) in [5.41, 5.74) is 3.90. The summed E-state index contributed by atoms with van der Waals surface area (Å²) in [4.78, 5) is 4.30. The predicted octanol–water partition coefficient (Wildman–Crippen LogP) is 4.42. The molecule has 1 heterocycles. The monoisotopic (exact) mass is 507 g/mol. The van der Waals surface area contributed by atoms with Gasteiger partial charge in [0.05, 0.1) is 12.6 Å². The van der Waals surface area contributed by atoms with Crippen LogP contribution in [0.2, 0.25) is 0 Å². The van der Waals surface area contributed by atoms with Gasteiger partial charge in [0.1, 0.15) is 5.82 Å². The zero-order valence-corrected chi connectivity index (χ0v) is 19.2. The quantitative estimate of drug-likeness (QED) is 0.295. The summed E-state index contributed by atoms with van der Waals surface area (Å²) < 4.78 is 15.8. The summed E-state index contributed by atoms with van der Waals surface area (Å²) in [7, 11) is 1.73. The van der Waals surface area contributed by atoms with Gasteiger partial charge in [0.15, 0.2) is 5.96 Å². The number of rotatable bonds is 6. The Labute approximate surface area is 188 Å². The van der Waals surface area contributed by atoms with E-state index in [4.69, 9.17) is 0 Å². The van der Waals surface area contributed by atoms with Crippen LogP contribution in [-0.2, 0) is 13.1 Å². The van der Waals surface area contributed by atoms with E-state index < -0.39 is 0 Å². The maximum atomic E-state index is 13.8. The molecule has 29 heavy (non-hydrogen) atoms. The molecule has 1 atom stereocenters. The van der Waals surface area contributed by atoms with Crippen LogP contribution in [0.25, 0.3) is 0 Å². The first-order valence-corrected chi connectivity index (χ1v) is 9.34. The lowest BCUT2D eigenvalue weighted by atomic mass is 10.1. The topological polar surface area (TPSA) is 54.2 Å². The highest BCUT2D eigenvalue weighted by molar-refractivity contribution is 14.0. The average molecular weight is 507 g/mol. The second kappa shape index (κ2) is 10.9. The summed E-state index contributed by atoms with van der Waals surface area (Å²) in [5.74, 6) is 0.476. The molecular formula is C22H27FIN5. The van der Waals surface area contributed by atoms with Crippen molar-refractivity contribution in [2.45, 2.75) is 33.0 Å². The Morgan fingerprint density at radius 2 is 1.93 bits per heavy atom. The summed E-state index contributed by atoms with van der Waals surface area (Å²) in [5, 5.41) is 10.9. The van der Waals surface area contributed by atoms with E-state index in [1.165, 1.54) is 11.1 Å². The van der Waals surface area contributed by atoms with E-state index in [1.54, 1.807) is 32.3 Å². The molecule has 0 aliphatic rings. The Kier molecular flexibility index (Phi) is 8.63. The SMILES string of the molecule is CN=C(NCc1ccccc1Cn1cccn1)NC(C)c1ccc(C)c(F)c1.I. The van der Waals surface area contributed by atoms with Gasteiger partial charge in [-0.2, -0.15) is 5.10 Å². The highest BCUT2D eigenvalue weighted by atomic mass is 127. The van der Waals surface area contributed by atoms with Crippen molar-refractivity contribution < 1.29 is 4.39 Å². The Morgan fingerprint density at radius 1 is 1.17 bits per heavy atom. The molecule has 3 rings (SSSR count). The molecule has 2 aromatic carbocycles. The normalized spacial score (nSPS) is 12.2. The lowest BCUT2D eigenvalue weighted by Crippen LogP contribution is -2.38. The molecule has 1 unspecified atom stereocenters. The Hall–Kier alpha value is -2.42. The number of hydrogen-bond donors (Lipinski definition) is 2. The van der Waals surface area contributed by atoms with Gasteiger partial charge >= 0.3 is 0 Å². The number of benzene rings is 2. The maximum Gasteiger partial charge on any atom is 0.191 e. The third-order valence-corrected chi connectivity index (χ3v) is 4.73. The molecule has 7 heteroatoms. The van der Waals surface area contributed by atoms with Crippen LogP contribution in [0.3, 0.4) is 0 Å². The molecule has 0 saturated carbocycles. The van der Waals surface area contributed by atoms with Crippen molar-refractivity contribution >= 4 is 29.9 Å². The number of aromatic nitrogens is 2. The van der Waals surface area contributed by atoms with E-state index in [9.17, 15) is 4.39 Å². The molecular weight excluding hydrogens is 480 g/mol. The molecule has 0 radical (unpaired) electrons. The molecule has 2 N–H and O–H groups in total. The van der Waals surface area contributed by atoms with Crippen molar-refractivity contribution in [3.63, 3.8) is 0 Å². The fraction of sp³-hybridized carbons (Fsp3) is 0.273. The van der Waals surface area contributed by atoms with Gasteiger partial charge in [-0.15, -0.1) is 24.0 Å². The summed E-state index contributed by atoms with van der Waals surface area (Å²) in [6, 6.07) is 15.4. The van der Waals surface area contributed by atoms with Crippen LogP contribution in [0.5, 0.6) is 0 Å². The number of aryl methyl sites for hydroxylation is 1. The molecule has 0 aliphatic heterocycles. The molecule has 0 aliphatic carbocycles. The molecule has 3 aromatic rings. The largest absolute Gasteiger partial charge is 0.352 e. The van der Waals surface area contributed by atoms with Gasteiger partial charge in [-0.05, 0) is 48.2 Å². The fourth-order valence-corrected chi connectivity index (χ4v) is 2.99. The Morgan fingerprint density at radius 3 is 2.59 bits per heavy atom. The zero-order valence-electron chi connectivity index (χ0n) is 16.9. The highest BCUT2D eigenvalue weighted by Crippen LogP contribution is 2.16. The molecule has 0 bridgehead atoms. The fourth-order valence-electron chi connectivity index (χ4n) is 2.99. The van der Waals surface area contributed by atoms with Crippen LogP contribution >= 0.6 is 24.0 Å². The Bertz CT molecular complexity index is 940. The molecule has 1 aromatic heterocycles. The van der Waals surface area contributed by atoms with Crippen LogP contribution in [-0.4, -0.2) is 22.8 Å². The van der Waals surface area contributed by atoms with Crippen molar-refractivity contribution in [2.75, 3.05) is 7.05 Å². The van der Waals surface area contributed by atoms with E-state index in [1.807, 2.05) is 42.1 Å². The molecule has 0 spiro atoms. The maximum absolute atomic E-state index is 13.8. The second-order valence-electron chi connectivity index (χ2n) is 6.77. The van der Waals surface area contributed by atoms with E-state index in [0.717, 1.165) is 12.1 Å². The first kappa shape index (κ1) is 22.9. The third-order valence-electron chi connectivity index (χ3n) is 4.73. The first-order chi connectivity index (χ1) is 13.6. The lowest BCUT2D eigenvalue weighted by molar-refractivity contribution is 0.607. The van der Waals surface area contributed by atoms with Gasteiger partial charge in [0.25, 0.3) is 0 Å². The first-order valence-electron chi connectivity index (χ1n) is 9.34. The van der Waals surface area contributed by atoms with E-state index >= 15 is 0 Å². The van der Waals surface area contributed by atoms with Gasteiger partial charge in [-0.3, -0.25) is 9.67 Å². The molecule has 154 valence electrons. The van der Waals surface area contributed by atoms with Gasteiger partial charge in [0, 0.05) is 26.0 Å². The van der Waals surface area contributed by atoms with Crippen LogP contribution < -0.4 is 10.6 Å². The predicted molar refractivity (Wildman–Crippen MR) is 126 cm³/mol. The summed E-state index contributed by atoms with van der Waals surface area (Å²) >= 11 is 0. The smallest absolute Gasteiger partial charge is 0.191 e. The number of halogens is 2. The molecule has 0 saturated heterocycles. The zero-order chi connectivity index (χ0) is 19.9. The molecule has 0 amide bonds. The minimum absolute atomic E-state index is 0. The standard InChI is InChI=1S/C22H26FN5.HI/c1-16-9-10-18(13-21(16)23)17(2)27-22(24-3)25-14-19-7-4-5-8-20(19)15-28-12-6-11-26-28;/h4-13,17H,14-15H2,1-3H3,(H2,24,25,27);1H. The lowest BCUT2D eigenvalue weighted by Gasteiger charge is -2.19. The highest BCUT2D eigenvalue weighted by Gasteiger charge is 2.10. The van der Waals surface area contributed by atoms with E-state index in [2.05, 4.69) is 32.9 Å². The van der Waals surface area contributed by atoms with Crippen molar-refractivity contribution in [1.29, 1.82) is 0 Å². The van der Waals surface area contributed by atoms with Crippen LogP contribution in [0.4, 0.5) is 4.39 Å². The van der Waals surface area contributed by atoms with Gasteiger partial charge in [-0.25, -0.2) is 4.39 Å². The van der Waals surface area contributed by atoms with Crippen molar-refractivity contribution in [3.8, 4) is 0 Å².